The topological polar surface area (TPSA) is 29.3 Å². The molecule has 78 valence electrons. The predicted molar refractivity (Wildman–Crippen MR) is 57.7 cm³/mol. The summed E-state index contributed by atoms with van der Waals surface area (Å²) >= 11 is 0. The molecule has 2 heteroatoms. The van der Waals surface area contributed by atoms with Gasteiger partial charge in [-0.25, -0.2) is 0 Å². The van der Waals surface area contributed by atoms with E-state index in [1.165, 1.54) is 32.4 Å². The molecular weight excluding hydrogens is 160 g/mol. The normalized spacial score (nSPS) is 32.1. The third-order valence-electron chi connectivity index (χ3n) is 3.11. The summed E-state index contributed by atoms with van der Waals surface area (Å²) in [6.07, 6.45) is 3.76. The van der Waals surface area contributed by atoms with Crippen LogP contribution in [0.2, 0.25) is 0 Å². The van der Waals surface area contributed by atoms with Gasteiger partial charge >= 0.3 is 0 Å². The van der Waals surface area contributed by atoms with Crippen molar-refractivity contribution in [2.75, 3.05) is 20.1 Å². The largest absolute Gasteiger partial charge is 0.327 e. The highest BCUT2D eigenvalue weighted by Crippen LogP contribution is 2.22. The van der Waals surface area contributed by atoms with Crippen LogP contribution < -0.4 is 5.73 Å². The van der Waals surface area contributed by atoms with Gasteiger partial charge in [0.25, 0.3) is 0 Å². The second kappa shape index (κ2) is 4.97. The summed E-state index contributed by atoms with van der Waals surface area (Å²) < 4.78 is 0. The molecule has 1 fully saturated rings. The SMILES string of the molecule is CC(C)CC1CCN(C)CCC1N. The summed E-state index contributed by atoms with van der Waals surface area (Å²) in [7, 11) is 2.20. The number of hydrogen-bond donors (Lipinski definition) is 1. The molecule has 2 unspecified atom stereocenters. The molecule has 2 atom stereocenters. The molecule has 1 saturated heterocycles. The molecule has 0 radical (unpaired) electrons. The molecule has 0 spiro atoms. The Morgan fingerprint density at radius 2 is 1.92 bits per heavy atom. The molecule has 0 aromatic carbocycles. The van der Waals surface area contributed by atoms with Gasteiger partial charge in [0.05, 0.1) is 0 Å². The lowest BCUT2D eigenvalue weighted by Gasteiger charge is -2.22. The zero-order valence-corrected chi connectivity index (χ0v) is 9.29. The molecule has 0 aromatic heterocycles. The average Bonchev–Trinajstić information content (AvgIpc) is 2.19. The highest BCUT2D eigenvalue weighted by molar-refractivity contribution is 4.79. The van der Waals surface area contributed by atoms with Gasteiger partial charge in [0, 0.05) is 6.04 Å². The fraction of sp³-hybridized carbons (Fsp3) is 1.00. The molecule has 0 bridgehead atoms. The van der Waals surface area contributed by atoms with Crippen LogP contribution >= 0.6 is 0 Å². The first-order valence-corrected chi connectivity index (χ1v) is 5.53. The minimum absolute atomic E-state index is 0.437. The van der Waals surface area contributed by atoms with E-state index in [1.54, 1.807) is 0 Å². The molecule has 2 nitrogen and oxygen atoms in total. The smallest absolute Gasteiger partial charge is 0.00799 e. The number of hydrogen-bond acceptors (Lipinski definition) is 2. The third-order valence-corrected chi connectivity index (χ3v) is 3.11. The van der Waals surface area contributed by atoms with Gasteiger partial charge in [0.1, 0.15) is 0 Å². The Hall–Kier alpha value is -0.0800. The minimum atomic E-state index is 0.437. The van der Waals surface area contributed by atoms with Crippen molar-refractivity contribution < 1.29 is 0 Å². The van der Waals surface area contributed by atoms with Crippen LogP contribution in [0.5, 0.6) is 0 Å². The molecule has 0 aliphatic carbocycles. The molecule has 1 aliphatic rings. The van der Waals surface area contributed by atoms with Gasteiger partial charge in [0.2, 0.25) is 0 Å². The summed E-state index contributed by atoms with van der Waals surface area (Å²) in [6, 6.07) is 0.437. The quantitative estimate of drug-likeness (QED) is 0.708. The zero-order chi connectivity index (χ0) is 9.84. The van der Waals surface area contributed by atoms with E-state index in [-0.39, 0.29) is 0 Å². The van der Waals surface area contributed by atoms with E-state index in [0.717, 1.165) is 11.8 Å². The van der Waals surface area contributed by atoms with E-state index in [0.29, 0.717) is 6.04 Å². The monoisotopic (exact) mass is 184 g/mol. The standard InChI is InChI=1S/C11H24N2/c1-9(2)8-10-4-6-13(3)7-5-11(10)12/h9-11H,4-8,12H2,1-3H3. The first kappa shape index (κ1) is 11.0. The molecule has 2 N–H and O–H groups in total. The van der Waals surface area contributed by atoms with E-state index >= 15 is 0 Å². The van der Waals surface area contributed by atoms with E-state index in [2.05, 4.69) is 25.8 Å². The van der Waals surface area contributed by atoms with E-state index in [9.17, 15) is 0 Å². The summed E-state index contributed by atoms with van der Waals surface area (Å²) in [5, 5.41) is 0. The van der Waals surface area contributed by atoms with Crippen LogP contribution in [0.3, 0.4) is 0 Å². The Bertz CT molecular complexity index is 145. The van der Waals surface area contributed by atoms with Crippen LogP contribution in [0.15, 0.2) is 0 Å². The molecule has 1 heterocycles. The lowest BCUT2D eigenvalue weighted by atomic mass is 9.87. The molecule has 1 aliphatic heterocycles. The van der Waals surface area contributed by atoms with Crippen molar-refractivity contribution in [2.45, 2.75) is 39.2 Å². The summed E-state index contributed by atoms with van der Waals surface area (Å²) in [5.41, 5.74) is 6.16. The van der Waals surface area contributed by atoms with Gasteiger partial charge in [-0.05, 0) is 51.2 Å². The maximum atomic E-state index is 6.16. The summed E-state index contributed by atoms with van der Waals surface area (Å²) in [6.45, 7) is 6.99. The second-order valence-corrected chi connectivity index (χ2v) is 4.93. The van der Waals surface area contributed by atoms with Gasteiger partial charge in [-0.3, -0.25) is 0 Å². The maximum Gasteiger partial charge on any atom is 0.00799 e. The molecule has 0 saturated carbocycles. The van der Waals surface area contributed by atoms with Crippen molar-refractivity contribution in [3.05, 3.63) is 0 Å². The average molecular weight is 184 g/mol. The van der Waals surface area contributed by atoms with Gasteiger partial charge in [-0.2, -0.15) is 0 Å². The minimum Gasteiger partial charge on any atom is -0.327 e. The van der Waals surface area contributed by atoms with Crippen molar-refractivity contribution in [3.8, 4) is 0 Å². The lowest BCUT2D eigenvalue weighted by molar-refractivity contribution is 0.320. The maximum absolute atomic E-state index is 6.16. The van der Waals surface area contributed by atoms with Crippen LogP contribution in [0.1, 0.15) is 33.1 Å². The Kier molecular flexibility index (Phi) is 4.20. The summed E-state index contributed by atoms with van der Waals surface area (Å²) in [4.78, 5) is 2.40. The van der Waals surface area contributed by atoms with Crippen molar-refractivity contribution in [2.24, 2.45) is 17.6 Å². The Balaban J connectivity index is 2.42. The Morgan fingerprint density at radius 3 is 2.54 bits per heavy atom. The first-order chi connectivity index (χ1) is 6.09. The van der Waals surface area contributed by atoms with Crippen LogP contribution in [0, 0.1) is 11.8 Å². The van der Waals surface area contributed by atoms with E-state index in [1.807, 2.05) is 0 Å². The van der Waals surface area contributed by atoms with E-state index in [4.69, 9.17) is 5.73 Å². The fourth-order valence-electron chi connectivity index (χ4n) is 2.22. The Labute approximate surface area is 82.5 Å². The number of likely N-dealkylation sites (tertiary alicyclic amines) is 1. The summed E-state index contributed by atoms with van der Waals surface area (Å²) in [5.74, 6) is 1.55. The van der Waals surface area contributed by atoms with Crippen LogP contribution in [-0.4, -0.2) is 31.1 Å². The highest BCUT2D eigenvalue weighted by Gasteiger charge is 2.22. The number of rotatable bonds is 2. The number of nitrogens with two attached hydrogens (primary N) is 1. The van der Waals surface area contributed by atoms with Crippen LogP contribution in [0.25, 0.3) is 0 Å². The first-order valence-electron chi connectivity index (χ1n) is 5.53. The molecular formula is C11H24N2. The number of nitrogens with zero attached hydrogens (tertiary/aromatic N) is 1. The van der Waals surface area contributed by atoms with Crippen LogP contribution in [0.4, 0.5) is 0 Å². The van der Waals surface area contributed by atoms with Crippen molar-refractivity contribution in [1.82, 2.24) is 4.90 Å². The molecule has 13 heavy (non-hydrogen) atoms. The molecule has 0 amide bonds. The highest BCUT2D eigenvalue weighted by atomic mass is 15.1. The fourth-order valence-corrected chi connectivity index (χ4v) is 2.22. The lowest BCUT2D eigenvalue weighted by Crippen LogP contribution is -2.30. The van der Waals surface area contributed by atoms with Crippen molar-refractivity contribution in [3.63, 3.8) is 0 Å². The van der Waals surface area contributed by atoms with E-state index < -0.39 is 0 Å². The van der Waals surface area contributed by atoms with Crippen LogP contribution in [-0.2, 0) is 0 Å². The van der Waals surface area contributed by atoms with Gasteiger partial charge in [0.15, 0.2) is 0 Å². The van der Waals surface area contributed by atoms with Crippen molar-refractivity contribution in [1.29, 1.82) is 0 Å². The van der Waals surface area contributed by atoms with Crippen molar-refractivity contribution >= 4 is 0 Å². The Morgan fingerprint density at radius 1 is 1.31 bits per heavy atom. The molecule has 0 aromatic rings. The third kappa shape index (κ3) is 3.65. The van der Waals surface area contributed by atoms with Gasteiger partial charge in [-0.1, -0.05) is 13.8 Å². The van der Waals surface area contributed by atoms with Gasteiger partial charge < -0.3 is 10.6 Å². The zero-order valence-electron chi connectivity index (χ0n) is 9.29. The molecule has 1 rings (SSSR count). The predicted octanol–water partition coefficient (Wildman–Crippen LogP) is 1.70. The second-order valence-electron chi connectivity index (χ2n) is 4.93. The van der Waals surface area contributed by atoms with Gasteiger partial charge in [-0.15, -0.1) is 0 Å².